The Hall–Kier alpha value is -2.57. The van der Waals surface area contributed by atoms with Crippen molar-refractivity contribution < 1.29 is 15.1 Å². The number of carbonyl (C=O) groups is 1. The van der Waals surface area contributed by atoms with Crippen molar-refractivity contribution in [2.45, 2.75) is 25.7 Å². The highest BCUT2D eigenvalue weighted by Crippen LogP contribution is 2.20. The molecule has 0 atom stereocenters. The maximum Gasteiger partial charge on any atom is 0.303 e. The zero-order chi connectivity index (χ0) is 16.9. The summed E-state index contributed by atoms with van der Waals surface area (Å²) < 4.78 is 0. The Bertz CT molecular complexity index is 559. The van der Waals surface area contributed by atoms with Gasteiger partial charge in [-0.05, 0) is 43.5 Å². The fraction of sp³-hybridized carbons (Fsp3) is 0.235. The molecule has 6 nitrogen and oxygen atoms in total. The van der Waals surface area contributed by atoms with E-state index in [1.807, 2.05) is 36.4 Å². The number of aromatic nitrogens is 2. The van der Waals surface area contributed by atoms with E-state index in [4.69, 9.17) is 10.3 Å². The monoisotopic (exact) mass is 315 g/mol. The number of hydrogen-bond acceptors (Lipinski definition) is 5. The van der Waals surface area contributed by atoms with Crippen LogP contribution in [0.25, 0.3) is 5.57 Å². The Morgan fingerprint density at radius 1 is 1.00 bits per heavy atom. The largest absolute Gasteiger partial charge is 0.481 e. The van der Waals surface area contributed by atoms with E-state index in [9.17, 15) is 4.79 Å². The Balaban J connectivity index is 0.00000127. The third-order valence-corrected chi connectivity index (χ3v) is 3.07. The molecule has 0 aromatic carbocycles. The van der Waals surface area contributed by atoms with Crippen LogP contribution in [0.4, 0.5) is 0 Å². The number of carboxylic acids is 1. The summed E-state index contributed by atoms with van der Waals surface area (Å²) in [4.78, 5) is 19.3. The first kappa shape index (κ1) is 18.5. The molecule has 0 aliphatic carbocycles. The van der Waals surface area contributed by atoms with E-state index in [1.54, 1.807) is 12.4 Å². The Kier molecular flexibility index (Phi) is 8.88. The summed E-state index contributed by atoms with van der Waals surface area (Å²) in [6, 6.07) is 11.6. The van der Waals surface area contributed by atoms with Gasteiger partial charge in [-0.1, -0.05) is 18.2 Å². The van der Waals surface area contributed by atoms with E-state index in [0.717, 1.165) is 29.8 Å². The molecule has 0 saturated heterocycles. The highest BCUT2D eigenvalue weighted by atomic mass is 16.4. The molecule has 2 aromatic heterocycles. The molecule has 0 spiro atoms. The van der Waals surface area contributed by atoms with Gasteiger partial charge >= 0.3 is 5.97 Å². The van der Waals surface area contributed by atoms with Crippen LogP contribution in [-0.2, 0) is 4.79 Å². The van der Waals surface area contributed by atoms with Gasteiger partial charge in [-0.2, -0.15) is 0 Å². The molecule has 6 heteroatoms. The Morgan fingerprint density at radius 2 is 1.57 bits per heavy atom. The molecule has 23 heavy (non-hydrogen) atoms. The van der Waals surface area contributed by atoms with Gasteiger partial charge in [0, 0.05) is 24.4 Å². The van der Waals surface area contributed by atoms with Gasteiger partial charge < -0.3 is 10.3 Å². The molecule has 122 valence electrons. The molecular formula is C17H21N3O3. The van der Waals surface area contributed by atoms with E-state index in [1.165, 1.54) is 0 Å². The lowest BCUT2D eigenvalue weighted by Crippen LogP contribution is -1.95. The van der Waals surface area contributed by atoms with Crippen LogP contribution in [0, 0.1) is 0 Å². The van der Waals surface area contributed by atoms with Gasteiger partial charge in [0.1, 0.15) is 0 Å². The molecule has 0 radical (unpaired) electrons. The van der Waals surface area contributed by atoms with E-state index >= 15 is 0 Å². The average molecular weight is 315 g/mol. The SMILES string of the molecule is NO.O=C(O)CCCCC=C(c1ccccn1)c1ccccn1. The van der Waals surface area contributed by atoms with Crippen LogP contribution >= 0.6 is 0 Å². The molecule has 0 saturated carbocycles. The number of carboxylic acid groups (broad SMARTS) is 1. The average Bonchev–Trinajstić information content (AvgIpc) is 2.61. The van der Waals surface area contributed by atoms with E-state index in [2.05, 4.69) is 21.9 Å². The van der Waals surface area contributed by atoms with Crippen LogP contribution in [0.1, 0.15) is 37.1 Å². The minimum Gasteiger partial charge on any atom is -0.481 e. The van der Waals surface area contributed by atoms with Crippen molar-refractivity contribution in [3.05, 3.63) is 66.3 Å². The summed E-state index contributed by atoms with van der Waals surface area (Å²) >= 11 is 0. The number of rotatable bonds is 7. The summed E-state index contributed by atoms with van der Waals surface area (Å²) in [6.45, 7) is 0. The predicted octanol–water partition coefficient (Wildman–Crippen LogP) is 2.89. The summed E-state index contributed by atoms with van der Waals surface area (Å²) in [5, 5.41) is 15.1. The number of pyridine rings is 2. The first-order valence-corrected chi connectivity index (χ1v) is 7.28. The summed E-state index contributed by atoms with van der Waals surface area (Å²) in [6.07, 6.45) is 8.17. The maximum absolute atomic E-state index is 10.5. The molecule has 2 aromatic rings. The molecule has 0 fully saturated rings. The summed E-state index contributed by atoms with van der Waals surface area (Å²) in [5.41, 5.74) is 2.76. The van der Waals surface area contributed by atoms with Crippen molar-refractivity contribution in [2.75, 3.05) is 0 Å². The number of hydrogen-bond donors (Lipinski definition) is 3. The summed E-state index contributed by atoms with van der Waals surface area (Å²) in [5.74, 6) is 2.76. The van der Waals surface area contributed by atoms with Crippen molar-refractivity contribution >= 4 is 11.5 Å². The third-order valence-electron chi connectivity index (χ3n) is 3.07. The minimum atomic E-state index is -0.742. The van der Waals surface area contributed by atoms with Crippen LogP contribution in [0.5, 0.6) is 0 Å². The maximum atomic E-state index is 10.5. The Labute approximate surface area is 135 Å². The van der Waals surface area contributed by atoms with Crippen molar-refractivity contribution in [1.82, 2.24) is 9.97 Å². The third kappa shape index (κ3) is 6.82. The first-order chi connectivity index (χ1) is 11.3. The minimum absolute atomic E-state index is 0.219. The van der Waals surface area contributed by atoms with Gasteiger partial charge in [-0.25, -0.2) is 5.90 Å². The number of allylic oxidation sites excluding steroid dienone is 1. The molecule has 0 aliphatic heterocycles. The van der Waals surface area contributed by atoms with Gasteiger partial charge in [0.15, 0.2) is 0 Å². The number of nitrogens with zero attached hydrogens (tertiary/aromatic N) is 2. The molecule has 4 N–H and O–H groups in total. The van der Waals surface area contributed by atoms with Gasteiger partial charge in [0.05, 0.1) is 11.4 Å². The second-order valence-electron chi connectivity index (χ2n) is 4.69. The van der Waals surface area contributed by atoms with Gasteiger partial charge in [-0.3, -0.25) is 14.8 Å². The van der Waals surface area contributed by atoms with E-state index < -0.39 is 5.97 Å². The molecular weight excluding hydrogens is 294 g/mol. The van der Waals surface area contributed by atoms with Crippen LogP contribution < -0.4 is 5.90 Å². The first-order valence-electron chi connectivity index (χ1n) is 7.28. The standard InChI is InChI=1S/C17H18N2O2.H3NO/c20-17(21)11-3-1-2-8-14(15-9-4-6-12-18-15)16-10-5-7-13-19-16;1-2/h4-10,12-13H,1-3,11H2,(H,20,21);2H,1H2. The highest BCUT2D eigenvalue weighted by molar-refractivity contribution is 5.75. The van der Waals surface area contributed by atoms with Gasteiger partial charge in [0.2, 0.25) is 0 Å². The molecule has 0 amide bonds. The topological polar surface area (TPSA) is 109 Å². The fourth-order valence-electron chi connectivity index (χ4n) is 2.05. The molecule has 2 heterocycles. The Morgan fingerprint density at radius 3 is 2.00 bits per heavy atom. The zero-order valence-electron chi connectivity index (χ0n) is 12.8. The van der Waals surface area contributed by atoms with Crippen LogP contribution in [0.2, 0.25) is 0 Å². The van der Waals surface area contributed by atoms with Crippen molar-refractivity contribution in [3.63, 3.8) is 0 Å². The van der Waals surface area contributed by atoms with Gasteiger partial charge in [0.25, 0.3) is 0 Å². The molecule has 0 bridgehead atoms. The second kappa shape index (κ2) is 11.1. The zero-order valence-corrected chi connectivity index (χ0v) is 12.8. The second-order valence-corrected chi connectivity index (χ2v) is 4.69. The highest BCUT2D eigenvalue weighted by Gasteiger charge is 2.06. The number of aliphatic carboxylic acids is 1. The number of unbranched alkanes of at least 4 members (excludes halogenated alkanes) is 2. The van der Waals surface area contributed by atoms with Crippen molar-refractivity contribution in [2.24, 2.45) is 5.90 Å². The lowest BCUT2D eigenvalue weighted by atomic mass is 10.0. The van der Waals surface area contributed by atoms with E-state index in [-0.39, 0.29) is 6.42 Å². The normalized spacial score (nSPS) is 9.48. The molecule has 0 aliphatic rings. The summed E-state index contributed by atoms with van der Waals surface area (Å²) in [7, 11) is 0. The van der Waals surface area contributed by atoms with Crippen LogP contribution in [0.15, 0.2) is 54.9 Å². The molecule has 0 unspecified atom stereocenters. The number of nitrogens with two attached hydrogens (primary N) is 1. The lowest BCUT2D eigenvalue weighted by molar-refractivity contribution is -0.137. The van der Waals surface area contributed by atoms with Crippen LogP contribution in [0.3, 0.4) is 0 Å². The van der Waals surface area contributed by atoms with E-state index in [0.29, 0.717) is 6.42 Å². The van der Waals surface area contributed by atoms with Crippen LogP contribution in [-0.4, -0.2) is 26.3 Å². The lowest BCUT2D eigenvalue weighted by Gasteiger charge is -2.06. The fourth-order valence-corrected chi connectivity index (χ4v) is 2.05. The van der Waals surface area contributed by atoms with Crippen molar-refractivity contribution in [1.29, 1.82) is 0 Å². The smallest absolute Gasteiger partial charge is 0.303 e. The van der Waals surface area contributed by atoms with Crippen molar-refractivity contribution in [3.8, 4) is 0 Å². The van der Waals surface area contributed by atoms with Gasteiger partial charge in [-0.15, -0.1) is 0 Å². The molecule has 2 rings (SSSR count). The quantitative estimate of drug-likeness (QED) is 0.535. The predicted molar refractivity (Wildman–Crippen MR) is 87.6 cm³/mol.